The monoisotopic (exact) mass is 243 g/mol. The van der Waals surface area contributed by atoms with Gasteiger partial charge in [0.05, 0.1) is 5.39 Å². The number of diazo groups is 1. The Morgan fingerprint density at radius 1 is 1.12 bits per heavy atom. The summed E-state index contributed by atoms with van der Waals surface area (Å²) in [5.41, 5.74) is 0.579. The van der Waals surface area contributed by atoms with Crippen molar-refractivity contribution >= 4 is 23.7 Å². The van der Waals surface area contributed by atoms with Gasteiger partial charge in [-0.2, -0.15) is 0 Å². The molecular formula is C9H6BF4N3. The van der Waals surface area contributed by atoms with E-state index < -0.39 is 7.25 Å². The van der Waals surface area contributed by atoms with Gasteiger partial charge in [0.15, 0.2) is 4.98 Å². The van der Waals surface area contributed by atoms with Crippen LogP contribution in [0, 0.1) is 5.39 Å². The first-order valence-electron chi connectivity index (χ1n) is 4.47. The van der Waals surface area contributed by atoms with E-state index in [1.807, 2.05) is 18.2 Å². The summed E-state index contributed by atoms with van der Waals surface area (Å²) in [6.07, 6.45) is 3.42. The van der Waals surface area contributed by atoms with E-state index in [0.717, 1.165) is 10.8 Å². The number of fused-ring (bicyclic) bond motifs is 1. The second kappa shape index (κ2) is 5.25. The lowest BCUT2D eigenvalue weighted by atomic mass is 10.1. The normalized spacial score (nSPS) is 10.3. The number of halogens is 4. The molecule has 0 bridgehead atoms. The van der Waals surface area contributed by atoms with Crippen molar-refractivity contribution < 1.29 is 17.3 Å². The molecule has 0 unspecified atom stereocenters. The summed E-state index contributed by atoms with van der Waals surface area (Å²) >= 11 is 0. The number of pyridine rings is 1. The Kier molecular flexibility index (Phi) is 3.98. The van der Waals surface area contributed by atoms with Crippen LogP contribution < -0.4 is 0 Å². The van der Waals surface area contributed by atoms with Crippen molar-refractivity contribution in [3.63, 3.8) is 0 Å². The van der Waals surface area contributed by atoms with Crippen molar-refractivity contribution in [3.05, 3.63) is 41.6 Å². The largest absolute Gasteiger partial charge is 0.673 e. The van der Waals surface area contributed by atoms with Crippen LogP contribution in [-0.4, -0.2) is 12.2 Å². The third kappa shape index (κ3) is 4.46. The first-order valence-corrected chi connectivity index (χ1v) is 4.47. The molecular weight excluding hydrogens is 237 g/mol. The van der Waals surface area contributed by atoms with Crippen molar-refractivity contribution in [1.82, 2.24) is 4.98 Å². The molecule has 17 heavy (non-hydrogen) atoms. The molecule has 0 N–H and O–H groups in total. The van der Waals surface area contributed by atoms with Crippen molar-refractivity contribution in [2.24, 2.45) is 0 Å². The summed E-state index contributed by atoms with van der Waals surface area (Å²) in [5, 5.41) is 10.5. The number of aromatic nitrogens is 1. The highest BCUT2D eigenvalue weighted by Crippen LogP contribution is 2.24. The molecule has 0 radical (unpaired) electrons. The Balaban J connectivity index is 0.000000249. The quantitative estimate of drug-likeness (QED) is 0.398. The summed E-state index contributed by atoms with van der Waals surface area (Å²) in [7, 11) is -6.00. The molecule has 0 aliphatic carbocycles. The van der Waals surface area contributed by atoms with Crippen molar-refractivity contribution in [2.45, 2.75) is 0 Å². The van der Waals surface area contributed by atoms with Crippen molar-refractivity contribution in [2.75, 3.05) is 0 Å². The molecule has 2 rings (SSSR count). The number of hydrogen-bond donors (Lipinski definition) is 0. The third-order valence-electron chi connectivity index (χ3n) is 1.77. The van der Waals surface area contributed by atoms with Gasteiger partial charge in [0.1, 0.15) is 0 Å². The molecule has 8 heteroatoms. The van der Waals surface area contributed by atoms with Crippen LogP contribution in [0.4, 0.5) is 23.0 Å². The zero-order chi connectivity index (χ0) is 12.9. The van der Waals surface area contributed by atoms with E-state index in [2.05, 4.69) is 9.96 Å². The van der Waals surface area contributed by atoms with E-state index in [1.54, 1.807) is 18.5 Å². The molecule has 3 nitrogen and oxygen atoms in total. The van der Waals surface area contributed by atoms with E-state index in [1.165, 1.54) is 0 Å². The summed E-state index contributed by atoms with van der Waals surface area (Å²) in [4.78, 5) is 7.14. The lowest BCUT2D eigenvalue weighted by molar-refractivity contribution is 0.368. The van der Waals surface area contributed by atoms with E-state index >= 15 is 0 Å². The molecule has 0 aliphatic rings. The topological polar surface area (TPSA) is 41.0 Å². The highest BCUT2D eigenvalue weighted by Gasteiger charge is 2.20. The van der Waals surface area contributed by atoms with Gasteiger partial charge in [0, 0.05) is 23.8 Å². The lowest BCUT2D eigenvalue weighted by Gasteiger charge is -1.94. The van der Waals surface area contributed by atoms with Crippen LogP contribution in [-0.2, 0) is 0 Å². The highest BCUT2D eigenvalue weighted by molar-refractivity contribution is 6.50. The second-order valence-electron chi connectivity index (χ2n) is 2.97. The molecule has 0 spiro atoms. The van der Waals surface area contributed by atoms with Crippen LogP contribution in [0.1, 0.15) is 0 Å². The SMILES string of the molecule is F[B-](F)(F)F.N#[N+]c1cccc2cnccc12. The minimum Gasteiger partial charge on any atom is -0.418 e. The summed E-state index contributed by atoms with van der Waals surface area (Å²) in [6, 6.07) is 7.34. The average Bonchev–Trinajstić information content (AvgIpc) is 2.26. The van der Waals surface area contributed by atoms with E-state index in [4.69, 9.17) is 5.39 Å². The van der Waals surface area contributed by atoms with Crippen LogP contribution in [0.2, 0.25) is 0 Å². The third-order valence-corrected chi connectivity index (χ3v) is 1.77. The van der Waals surface area contributed by atoms with Gasteiger partial charge in [0.25, 0.3) is 0 Å². The molecule has 0 aliphatic heterocycles. The minimum absolute atomic E-state index is 0.579. The number of nitrogens with zero attached hydrogens (tertiary/aromatic N) is 3. The fourth-order valence-corrected chi connectivity index (χ4v) is 1.19. The van der Waals surface area contributed by atoms with Crippen LogP contribution in [0.3, 0.4) is 0 Å². The number of benzene rings is 1. The maximum absolute atomic E-state index is 9.75. The molecule has 0 saturated heterocycles. The van der Waals surface area contributed by atoms with Gasteiger partial charge in [-0.1, -0.05) is 12.1 Å². The van der Waals surface area contributed by atoms with Crippen LogP contribution in [0.15, 0.2) is 36.7 Å². The zero-order valence-corrected chi connectivity index (χ0v) is 8.39. The molecule has 2 aromatic rings. The van der Waals surface area contributed by atoms with Crippen LogP contribution >= 0.6 is 0 Å². The smallest absolute Gasteiger partial charge is 0.418 e. The van der Waals surface area contributed by atoms with Gasteiger partial charge >= 0.3 is 12.9 Å². The van der Waals surface area contributed by atoms with Crippen molar-refractivity contribution in [1.29, 1.82) is 5.39 Å². The first kappa shape index (κ1) is 12.9. The molecule has 1 heterocycles. The summed E-state index contributed by atoms with van der Waals surface area (Å²) in [6.45, 7) is 0. The standard InChI is InChI=1S/C9H6N3.BF4/c10-12-9-3-1-2-7-6-11-5-4-8(7)9;2-1(3,4)5/h1-6H;/q+1;-1. The summed E-state index contributed by atoms with van der Waals surface area (Å²) in [5.74, 6) is 0. The first-order chi connectivity index (χ1) is 7.92. The second-order valence-corrected chi connectivity index (χ2v) is 2.97. The molecule has 0 amide bonds. The minimum atomic E-state index is -6.00. The van der Waals surface area contributed by atoms with Crippen LogP contribution in [0.25, 0.3) is 15.7 Å². The van der Waals surface area contributed by atoms with Crippen LogP contribution in [0.5, 0.6) is 0 Å². The van der Waals surface area contributed by atoms with E-state index in [0.29, 0.717) is 5.69 Å². The van der Waals surface area contributed by atoms with Gasteiger partial charge in [0.2, 0.25) is 5.39 Å². The van der Waals surface area contributed by atoms with Gasteiger partial charge < -0.3 is 17.3 Å². The molecule has 1 aromatic heterocycles. The molecule has 88 valence electrons. The van der Waals surface area contributed by atoms with E-state index in [-0.39, 0.29) is 0 Å². The fraction of sp³-hybridized carbons (Fsp3) is 0. The zero-order valence-electron chi connectivity index (χ0n) is 8.39. The van der Waals surface area contributed by atoms with Gasteiger partial charge in [-0.15, -0.1) is 0 Å². The molecule has 0 fully saturated rings. The van der Waals surface area contributed by atoms with Gasteiger partial charge in [-0.05, 0) is 6.07 Å². The van der Waals surface area contributed by atoms with Gasteiger partial charge in [-0.3, -0.25) is 4.98 Å². The Hall–Kier alpha value is -2.17. The predicted octanol–water partition coefficient (Wildman–Crippen LogP) is 4.02. The molecule has 0 saturated carbocycles. The molecule has 1 aromatic carbocycles. The lowest BCUT2D eigenvalue weighted by Crippen LogP contribution is -2.02. The Bertz CT molecular complexity index is 538. The predicted molar refractivity (Wildman–Crippen MR) is 56.7 cm³/mol. The fourth-order valence-electron chi connectivity index (χ4n) is 1.19. The average molecular weight is 243 g/mol. The Morgan fingerprint density at radius 3 is 2.35 bits per heavy atom. The highest BCUT2D eigenvalue weighted by atomic mass is 19.5. The Labute approximate surface area is 93.8 Å². The van der Waals surface area contributed by atoms with Crippen molar-refractivity contribution in [3.8, 4) is 0 Å². The summed E-state index contributed by atoms with van der Waals surface area (Å²) < 4.78 is 39.0. The van der Waals surface area contributed by atoms with E-state index in [9.17, 15) is 17.3 Å². The number of hydrogen-bond acceptors (Lipinski definition) is 2. The maximum Gasteiger partial charge on any atom is 0.673 e. The Morgan fingerprint density at radius 2 is 1.76 bits per heavy atom. The number of rotatable bonds is 0. The van der Waals surface area contributed by atoms with Gasteiger partial charge in [-0.25, -0.2) is 0 Å². The maximum atomic E-state index is 9.75. The molecule has 0 atom stereocenters.